The molecule has 0 aliphatic heterocycles. The van der Waals surface area contributed by atoms with Gasteiger partial charge in [-0.3, -0.25) is 9.59 Å². The van der Waals surface area contributed by atoms with Gasteiger partial charge >= 0.3 is 0 Å². The van der Waals surface area contributed by atoms with E-state index in [4.69, 9.17) is 0 Å². The first-order valence-corrected chi connectivity index (χ1v) is 6.15. The summed E-state index contributed by atoms with van der Waals surface area (Å²) in [6.45, 7) is 3.68. The molecule has 0 radical (unpaired) electrons. The van der Waals surface area contributed by atoms with Crippen LogP contribution < -0.4 is 5.32 Å². The van der Waals surface area contributed by atoms with Crippen LogP contribution in [0.3, 0.4) is 0 Å². The van der Waals surface area contributed by atoms with Crippen molar-refractivity contribution in [3.63, 3.8) is 0 Å². The van der Waals surface area contributed by atoms with Crippen molar-refractivity contribution >= 4 is 24.2 Å². The van der Waals surface area contributed by atoms with Gasteiger partial charge in [0.25, 0.3) is 0 Å². The molecule has 0 aliphatic rings. The van der Waals surface area contributed by atoms with Gasteiger partial charge in [-0.2, -0.15) is 0 Å². The molecule has 0 unspecified atom stereocenters. The second kappa shape index (κ2) is 11.3. The summed E-state index contributed by atoms with van der Waals surface area (Å²) in [6, 6.07) is 0. The molecule has 1 N–H and O–H groups in total. The summed E-state index contributed by atoms with van der Waals surface area (Å²) in [5.74, 6) is 0.0396. The standard InChI is InChI=1S/C12H25N3O2.ClH/c1-5-9-15(10-12(17)14(3)4)11(16)7-6-8-13-2;/h13H,5-10H2,1-4H3;1H. The average molecular weight is 280 g/mol. The molecule has 0 rings (SSSR count). The highest BCUT2D eigenvalue weighted by atomic mass is 35.5. The molecule has 0 atom stereocenters. The third-order valence-electron chi connectivity index (χ3n) is 2.49. The van der Waals surface area contributed by atoms with Crippen molar-refractivity contribution in [1.82, 2.24) is 15.1 Å². The van der Waals surface area contributed by atoms with E-state index in [0.29, 0.717) is 13.0 Å². The minimum Gasteiger partial charge on any atom is -0.347 e. The van der Waals surface area contributed by atoms with Crippen molar-refractivity contribution in [1.29, 1.82) is 0 Å². The van der Waals surface area contributed by atoms with E-state index < -0.39 is 0 Å². The number of likely N-dealkylation sites (N-methyl/N-ethyl adjacent to an activating group) is 1. The Bertz CT molecular complexity index is 247. The van der Waals surface area contributed by atoms with Crippen LogP contribution in [-0.2, 0) is 9.59 Å². The Morgan fingerprint density at radius 2 is 1.78 bits per heavy atom. The fourth-order valence-corrected chi connectivity index (χ4v) is 1.44. The number of amides is 2. The highest BCUT2D eigenvalue weighted by molar-refractivity contribution is 5.85. The minimum atomic E-state index is -0.0274. The van der Waals surface area contributed by atoms with Gasteiger partial charge in [0.05, 0.1) is 6.54 Å². The largest absolute Gasteiger partial charge is 0.347 e. The molecule has 0 saturated heterocycles. The van der Waals surface area contributed by atoms with Crippen LogP contribution in [0.1, 0.15) is 26.2 Å². The van der Waals surface area contributed by atoms with E-state index in [1.807, 2.05) is 14.0 Å². The maximum absolute atomic E-state index is 11.9. The molecule has 0 spiro atoms. The molecular weight excluding hydrogens is 254 g/mol. The lowest BCUT2D eigenvalue weighted by atomic mass is 10.2. The van der Waals surface area contributed by atoms with Gasteiger partial charge in [-0.15, -0.1) is 12.4 Å². The average Bonchev–Trinajstić information content (AvgIpc) is 2.28. The van der Waals surface area contributed by atoms with E-state index in [1.165, 1.54) is 4.90 Å². The molecule has 108 valence electrons. The predicted octanol–water partition coefficient (Wildman–Crippen LogP) is 0.735. The van der Waals surface area contributed by atoms with Crippen LogP contribution >= 0.6 is 12.4 Å². The summed E-state index contributed by atoms with van der Waals surface area (Å²) in [5, 5.41) is 3.01. The summed E-state index contributed by atoms with van der Waals surface area (Å²) < 4.78 is 0. The molecule has 0 fully saturated rings. The first kappa shape index (κ1) is 19.5. The third-order valence-corrected chi connectivity index (χ3v) is 2.49. The number of rotatable bonds is 8. The lowest BCUT2D eigenvalue weighted by molar-refractivity contribution is -0.139. The summed E-state index contributed by atoms with van der Waals surface area (Å²) in [7, 11) is 5.28. The van der Waals surface area contributed by atoms with Crippen LogP contribution in [-0.4, -0.2) is 62.4 Å². The Labute approximate surface area is 116 Å². The first-order valence-electron chi connectivity index (χ1n) is 6.15. The highest BCUT2D eigenvalue weighted by Crippen LogP contribution is 2.00. The summed E-state index contributed by atoms with van der Waals surface area (Å²) in [6.07, 6.45) is 2.19. The van der Waals surface area contributed by atoms with Crippen molar-refractivity contribution in [2.75, 3.05) is 40.8 Å². The molecule has 2 amide bonds. The maximum Gasteiger partial charge on any atom is 0.241 e. The van der Waals surface area contributed by atoms with Gasteiger partial charge < -0.3 is 15.1 Å². The zero-order chi connectivity index (χ0) is 13.3. The van der Waals surface area contributed by atoms with Crippen molar-refractivity contribution in [2.45, 2.75) is 26.2 Å². The van der Waals surface area contributed by atoms with Crippen molar-refractivity contribution in [2.24, 2.45) is 0 Å². The van der Waals surface area contributed by atoms with Crippen LogP contribution in [0.15, 0.2) is 0 Å². The lowest BCUT2D eigenvalue weighted by Gasteiger charge is -2.23. The van der Waals surface area contributed by atoms with Gasteiger partial charge in [0.2, 0.25) is 11.8 Å². The number of nitrogens with zero attached hydrogens (tertiary/aromatic N) is 2. The second-order valence-corrected chi connectivity index (χ2v) is 4.31. The first-order chi connectivity index (χ1) is 8.02. The Morgan fingerprint density at radius 3 is 2.22 bits per heavy atom. The predicted molar refractivity (Wildman–Crippen MR) is 76.0 cm³/mol. The van der Waals surface area contributed by atoms with Crippen LogP contribution in [0.4, 0.5) is 0 Å². The number of carbonyl (C=O) groups is 2. The zero-order valence-electron chi connectivity index (χ0n) is 11.9. The van der Waals surface area contributed by atoms with Gasteiger partial charge in [0, 0.05) is 27.1 Å². The SMILES string of the molecule is CCCN(CC(=O)N(C)C)C(=O)CCCNC.Cl. The normalized spacial score (nSPS) is 9.56. The number of nitrogens with one attached hydrogen (secondary N) is 1. The van der Waals surface area contributed by atoms with Crippen molar-refractivity contribution in [3.8, 4) is 0 Å². The highest BCUT2D eigenvalue weighted by Gasteiger charge is 2.16. The second-order valence-electron chi connectivity index (χ2n) is 4.31. The third kappa shape index (κ3) is 8.31. The van der Waals surface area contributed by atoms with E-state index in [-0.39, 0.29) is 30.8 Å². The van der Waals surface area contributed by atoms with E-state index in [9.17, 15) is 9.59 Å². The number of hydrogen-bond acceptors (Lipinski definition) is 3. The lowest BCUT2D eigenvalue weighted by Crippen LogP contribution is -2.40. The Hall–Kier alpha value is -0.810. The van der Waals surface area contributed by atoms with E-state index in [0.717, 1.165) is 19.4 Å². The zero-order valence-corrected chi connectivity index (χ0v) is 12.7. The Kier molecular flexibility index (Phi) is 12.2. The van der Waals surface area contributed by atoms with E-state index in [2.05, 4.69) is 5.32 Å². The molecular formula is C12H26ClN3O2. The van der Waals surface area contributed by atoms with Crippen molar-refractivity contribution < 1.29 is 9.59 Å². The number of hydrogen-bond donors (Lipinski definition) is 1. The van der Waals surface area contributed by atoms with Crippen LogP contribution in [0.5, 0.6) is 0 Å². The molecule has 0 aromatic carbocycles. The van der Waals surface area contributed by atoms with Crippen LogP contribution in [0, 0.1) is 0 Å². The molecule has 0 saturated carbocycles. The summed E-state index contributed by atoms with van der Waals surface area (Å²) in [5.41, 5.74) is 0. The quantitative estimate of drug-likeness (QED) is 0.667. The van der Waals surface area contributed by atoms with Gasteiger partial charge in [-0.25, -0.2) is 0 Å². The smallest absolute Gasteiger partial charge is 0.241 e. The molecule has 5 nitrogen and oxygen atoms in total. The minimum absolute atomic E-state index is 0. The number of carbonyl (C=O) groups excluding carboxylic acids is 2. The molecule has 18 heavy (non-hydrogen) atoms. The molecule has 0 bridgehead atoms. The molecule has 6 heteroatoms. The van der Waals surface area contributed by atoms with E-state index in [1.54, 1.807) is 19.0 Å². The fraction of sp³-hybridized carbons (Fsp3) is 0.833. The fourth-order valence-electron chi connectivity index (χ4n) is 1.44. The Morgan fingerprint density at radius 1 is 1.17 bits per heavy atom. The maximum atomic E-state index is 11.9. The Balaban J connectivity index is 0. The number of halogens is 1. The topological polar surface area (TPSA) is 52.7 Å². The summed E-state index contributed by atoms with van der Waals surface area (Å²) in [4.78, 5) is 26.6. The monoisotopic (exact) mass is 279 g/mol. The van der Waals surface area contributed by atoms with Gasteiger partial charge in [0.1, 0.15) is 0 Å². The molecule has 0 aromatic heterocycles. The van der Waals surface area contributed by atoms with Gasteiger partial charge in [-0.05, 0) is 26.4 Å². The van der Waals surface area contributed by atoms with E-state index >= 15 is 0 Å². The van der Waals surface area contributed by atoms with Crippen LogP contribution in [0.25, 0.3) is 0 Å². The summed E-state index contributed by atoms with van der Waals surface area (Å²) >= 11 is 0. The van der Waals surface area contributed by atoms with Crippen molar-refractivity contribution in [3.05, 3.63) is 0 Å². The molecule has 0 heterocycles. The van der Waals surface area contributed by atoms with Crippen LogP contribution in [0.2, 0.25) is 0 Å². The van der Waals surface area contributed by atoms with Gasteiger partial charge in [-0.1, -0.05) is 6.92 Å². The molecule has 0 aliphatic carbocycles. The molecule has 0 aromatic rings. The van der Waals surface area contributed by atoms with Gasteiger partial charge in [0.15, 0.2) is 0 Å².